The number of piperidine rings is 1. The lowest BCUT2D eigenvalue weighted by Crippen LogP contribution is -2.29. The summed E-state index contributed by atoms with van der Waals surface area (Å²) in [6, 6.07) is 9.08. The monoisotopic (exact) mass is 284 g/mol. The van der Waals surface area contributed by atoms with Crippen LogP contribution in [-0.2, 0) is 0 Å². The molecule has 1 aliphatic rings. The fourth-order valence-corrected chi connectivity index (χ4v) is 2.88. The highest BCUT2D eigenvalue weighted by Crippen LogP contribution is 2.36. The molecule has 0 aliphatic carbocycles. The second kappa shape index (κ2) is 5.61. The van der Waals surface area contributed by atoms with Crippen molar-refractivity contribution in [2.45, 2.75) is 18.8 Å². The number of aromatic nitrogens is 1. The van der Waals surface area contributed by atoms with Gasteiger partial charge in [0.25, 0.3) is 0 Å². The molecule has 0 radical (unpaired) electrons. The highest BCUT2D eigenvalue weighted by molar-refractivity contribution is 5.74. The minimum Gasteiger partial charge on any atom is -0.507 e. The predicted molar refractivity (Wildman–Crippen MR) is 85.0 cm³/mol. The summed E-state index contributed by atoms with van der Waals surface area (Å²) in [4.78, 5) is 4.33. The van der Waals surface area contributed by atoms with Crippen LogP contribution in [0.5, 0.6) is 5.75 Å². The largest absolute Gasteiger partial charge is 0.507 e. The lowest BCUT2D eigenvalue weighted by atomic mass is 9.90. The summed E-state index contributed by atoms with van der Waals surface area (Å²) in [5.41, 5.74) is 15.0. The Hall–Kier alpha value is -2.27. The quantitative estimate of drug-likeness (QED) is 0.677. The number of benzene rings is 1. The van der Waals surface area contributed by atoms with Gasteiger partial charge in [-0.25, -0.2) is 4.98 Å². The lowest BCUT2D eigenvalue weighted by Gasteiger charge is -2.25. The van der Waals surface area contributed by atoms with Crippen LogP contribution in [0.1, 0.15) is 24.3 Å². The normalized spacial score (nSPS) is 18.6. The van der Waals surface area contributed by atoms with Crippen LogP contribution in [-0.4, -0.2) is 23.2 Å². The molecule has 6 N–H and O–H groups in total. The molecule has 1 aromatic carbocycles. The number of pyridine rings is 1. The molecule has 1 atom stereocenters. The Bertz CT molecular complexity index is 651. The Kier molecular flexibility index (Phi) is 3.66. The van der Waals surface area contributed by atoms with E-state index in [9.17, 15) is 5.11 Å². The first-order chi connectivity index (χ1) is 10.2. The summed E-state index contributed by atoms with van der Waals surface area (Å²) >= 11 is 0. The highest BCUT2D eigenvalue weighted by atomic mass is 16.3. The molecule has 1 fully saturated rings. The molecule has 1 saturated heterocycles. The maximum absolute atomic E-state index is 10.0. The summed E-state index contributed by atoms with van der Waals surface area (Å²) in [5, 5.41) is 13.4. The first kappa shape index (κ1) is 13.7. The molecular formula is C16H20N4O. The molecule has 2 aromatic rings. The lowest BCUT2D eigenvalue weighted by molar-refractivity contribution is 0.462. The number of hydrogen-bond donors (Lipinski definition) is 4. The van der Waals surface area contributed by atoms with E-state index in [1.54, 1.807) is 12.1 Å². The molecule has 110 valence electrons. The van der Waals surface area contributed by atoms with Crippen molar-refractivity contribution in [3.8, 4) is 17.0 Å². The zero-order valence-corrected chi connectivity index (χ0v) is 11.8. The van der Waals surface area contributed by atoms with Gasteiger partial charge in [0.2, 0.25) is 0 Å². The molecule has 21 heavy (non-hydrogen) atoms. The minimum atomic E-state index is 0.196. The third-order valence-corrected chi connectivity index (χ3v) is 4.04. The number of nitrogens with one attached hydrogen (secondary N) is 1. The zero-order valence-electron chi connectivity index (χ0n) is 11.8. The van der Waals surface area contributed by atoms with Gasteiger partial charge in [0, 0.05) is 12.1 Å². The van der Waals surface area contributed by atoms with Crippen molar-refractivity contribution in [3.63, 3.8) is 0 Å². The third kappa shape index (κ3) is 2.64. The molecular weight excluding hydrogens is 264 g/mol. The number of nitrogen functional groups attached to an aromatic ring is 2. The first-order valence-corrected chi connectivity index (χ1v) is 7.22. The van der Waals surface area contributed by atoms with Gasteiger partial charge in [-0.15, -0.1) is 0 Å². The molecule has 5 heteroatoms. The van der Waals surface area contributed by atoms with Gasteiger partial charge in [0.15, 0.2) is 0 Å². The molecule has 5 nitrogen and oxygen atoms in total. The fraction of sp³-hybridized carbons (Fsp3) is 0.312. The van der Waals surface area contributed by atoms with Crippen molar-refractivity contribution >= 4 is 11.5 Å². The van der Waals surface area contributed by atoms with E-state index in [1.807, 2.05) is 18.2 Å². The van der Waals surface area contributed by atoms with Gasteiger partial charge in [0.05, 0.1) is 11.4 Å². The smallest absolute Gasteiger partial charge is 0.147 e. The predicted octanol–water partition coefficient (Wildman–Crippen LogP) is 2.09. The van der Waals surface area contributed by atoms with Crippen LogP contribution >= 0.6 is 0 Å². The Morgan fingerprint density at radius 2 is 2.05 bits per heavy atom. The Labute approximate surface area is 124 Å². The molecule has 1 aromatic heterocycles. The first-order valence-electron chi connectivity index (χ1n) is 7.22. The summed E-state index contributed by atoms with van der Waals surface area (Å²) in [6.45, 7) is 1.94. The van der Waals surface area contributed by atoms with E-state index in [-0.39, 0.29) is 5.75 Å². The van der Waals surface area contributed by atoms with Gasteiger partial charge in [-0.2, -0.15) is 0 Å². The van der Waals surface area contributed by atoms with E-state index in [2.05, 4.69) is 10.3 Å². The second-order valence-electron chi connectivity index (χ2n) is 5.46. The SMILES string of the molecule is Nc1nc(-c2ccccc2O)cc(C2CCCNC2)c1N. The van der Waals surface area contributed by atoms with Gasteiger partial charge in [-0.3, -0.25) is 0 Å². The molecule has 0 spiro atoms. The van der Waals surface area contributed by atoms with Crippen LogP contribution in [0.25, 0.3) is 11.3 Å². The van der Waals surface area contributed by atoms with Crippen molar-refractivity contribution in [2.24, 2.45) is 0 Å². The van der Waals surface area contributed by atoms with Gasteiger partial charge in [-0.1, -0.05) is 12.1 Å². The summed E-state index contributed by atoms with van der Waals surface area (Å²) < 4.78 is 0. The molecule has 3 rings (SSSR count). The van der Waals surface area contributed by atoms with Gasteiger partial charge >= 0.3 is 0 Å². The average Bonchev–Trinajstić information content (AvgIpc) is 2.51. The maximum Gasteiger partial charge on any atom is 0.147 e. The molecule has 0 amide bonds. The number of rotatable bonds is 2. The van der Waals surface area contributed by atoms with Crippen LogP contribution in [0.3, 0.4) is 0 Å². The van der Waals surface area contributed by atoms with Crippen molar-refractivity contribution in [1.82, 2.24) is 10.3 Å². The van der Waals surface area contributed by atoms with Crippen molar-refractivity contribution in [3.05, 3.63) is 35.9 Å². The molecule has 2 heterocycles. The van der Waals surface area contributed by atoms with Crippen molar-refractivity contribution in [2.75, 3.05) is 24.6 Å². The van der Waals surface area contributed by atoms with Crippen molar-refractivity contribution < 1.29 is 5.11 Å². The number of aromatic hydroxyl groups is 1. The van der Waals surface area contributed by atoms with Gasteiger partial charge in [-0.05, 0) is 49.1 Å². The molecule has 1 aliphatic heterocycles. The van der Waals surface area contributed by atoms with Gasteiger partial charge in [0.1, 0.15) is 11.6 Å². The number of phenolic OH excluding ortho intramolecular Hbond substituents is 1. The summed E-state index contributed by atoms with van der Waals surface area (Å²) in [5.74, 6) is 0.867. The van der Waals surface area contributed by atoms with E-state index in [1.165, 1.54) is 0 Å². The fourth-order valence-electron chi connectivity index (χ4n) is 2.88. The number of nitrogens with zero attached hydrogens (tertiary/aromatic N) is 1. The summed E-state index contributed by atoms with van der Waals surface area (Å²) in [6.07, 6.45) is 2.21. The average molecular weight is 284 g/mol. The van der Waals surface area contributed by atoms with Gasteiger partial charge < -0.3 is 21.9 Å². The number of anilines is 2. The second-order valence-corrected chi connectivity index (χ2v) is 5.46. The molecule has 1 unspecified atom stereocenters. The Morgan fingerprint density at radius 1 is 1.24 bits per heavy atom. The molecule has 0 saturated carbocycles. The van der Waals surface area contributed by atoms with Crippen LogP contribution in [0.4, 0.5) is 11.5 Å². The molecule has 0 bridgehead atoms. The zero-order chi connectivity index (χ0) is 14.8. The van der Waals surface area contributed by atoms with E-state index in [0.717, 1.165) is 31.5 Å². The highest BCUT2D eigenvalue weighted by Gasteiger charge is 2.21. The van der Waals surface area contributed by atoms with E-state index >= 15 is 0 Å². The number of hydrogen-bond acceptors (Lipinski definition) is 5. The third-order valence-electron chi connectivity index (χ3n) is 4.04. The number of phenols is 1. The number of nitrogens with two attached hydrogens (primary N) is 2. The van der Waals surface area contributed by atoms with Crippen LogP contribution in [0, 0.1) is 0 Å². The Morgan fingerprint density at radius 3 is 2.76 bits per heavy atom. The van der Waals surface area contributed by atoms with E-state index in [4.69, 9.17) is 11.5 Å². The topological polar surface area (TPSA) is 97.2 Å². The standard InChI is InChI=1S/C16H20N4O/c17-15-12(10-4-3-7-19-9-10)8-13(20-16(15)18)11-5-1-2-6-14(11)21/h1-2,5-6,8,10,19,21H,3-4,7,9,17H2,(H2,18,20). The summed E-state index contributed by atoms with van der Waals surface area (Å²) in [7, 11) is 0. The minimum absolute atomic E-state index is 0.196. The Balaban J connectivity index is 2.07. The van der Waals surface area contributed by atoms with Crippen LogP contribution in [0.2, 0.25) is 0 Å². The maximum atomic E-state index is 10.0. The van der Waals surface area contributed by atoms with E-state index in [0.29, 0.717) is 28.7 Å². The van der Waals surface area contributed by atoms with Crippen LogP contribution in [0.15, 0.2) is 30.3 Å². The van der Waals surface area contributed by atoms with E-state index < -0.39 is 0 Å². The van der Waals surface area contributed by atoms with Crippen molar-refractivity contribution in [1.29, 1.82) is 0 Å². The number of para-hydroxylation sites is 1. The van der Waals surface area contributed by atoms with Crippen LogP contribution < -0.4 is 16.8 Å².